The van der Waals surface area contributed by atoms with E-state index in [1.165, 1.54) is 13.0 Å². The highest BCUT2D eigenvalue weighted by Gasteiger charge is 2.47. The Balaban J connectivity index is 2.97. The molecule has 0 aromatic heterocycles. The molecule has 1 rings (SSSR count). The van der Waals surface area contributed by atoms with E-state index in [2.05, 4.69) is 0 Å². The molecule has 0 aliphatic heterocycles. The standard InChI is InChI=1S/C13H22O3/c1-9(14)5-6-11-12(2,3)7-10(15)8-13(11,4)16/h5-6,10-11,15-16H,7-8H2,1-4H3/b6-5+/t10-,11?,13+/m0/s1. The van der Waals surface area contributed by atoms with E-state index < -0.39 is 11.7 Å². The Morgan fingerprint density at radius 3 is 2.31 bits per heavy atom. The summed E-state index contributed by atoms with van der Waals surface area (Å²) in [6.07, 6.45) is 3.85. The zero-order valence-electron chi connectivity index (χ0n) is 10.5. The van der Waals surface area contributed by atoms with Crippen LogP contribution in [0.15, 0.2) is 12.2 Å². The van der Waals surface area contributed by atoms with E-state index in [1.807, 2.05) is 13.8 Å². The van der Waals surface area contributed by atoms with Gasteiger partial charge < -0.3 is 10.2 Å². The average Bonchev–Trinajstić information content (AvgIpc) is 1.96. The predicted octanol–water partition coefficient (Wildman–Crippen LogP) is 1.68. The van der Waals surface area contributed by atoms with Gasteiger partial charge in [0.25, 0.3) is 0 Å². The molecule has 0 heterocycles. The van der Waals surface area contributed by atoms with Crippen LogP contribution >= 0.6 is 0 Å². The van der Waals surface area contributed by atoms with Crippen LogP contribution in [0.4, 0.5) is 0 Å². The summed E-state index contributed by atoms with van der Waals surface area (Å²) < 4.78 is 0. The van der Waals surface area contributed by atoms with Crippen molar-refractivity contribution in [1.82, 2.24) is 0 Å². The fourth-order valence-electron chi connectivity index (χ4n) is 2.95. The first-order valence-corrected chi connectivity index (χ1v) is 5.74. The second-order valence-corrected chi connectivity index (χ2v) is 5.86. The molecule has 1 unspecified atom stereocenters. The van der Waals surface area contributed by atoms with Crippen molar-refractivity contribution < 1.29 is 15.0 Å². The van der Waals surface area contributed by atoms with E-state index in [0.29, 0.717) is 12.8 Å². The summed E-state index contributed by atoms with van der Waals surface area (Å²) in [5, 5.41) is 20.1. The maximum Gasteiger partial charge on any atom is 0.152 e. The molecule has 1 fully saturated rings. The van der Waals surface area contributed by atoms with Crippen LogP contribution in [0.3, 0.4) is 0 Å². The third-order valence-electron chi connectivity index (χ3n) is 3.45. The first kappa shape index (κ1) is 13.4. The van der Waals surface area contributed by atoms with Crippen LogP contribution < -0.4 is 0 Å². The van der Waals surface area contributed by atoms with Crippen LogP contribution in [0.1, 0.15) is 40.5 Å². The molecule has 3 heteroatoms. The maximum absolute atomic E-state index is 11.0. The van der Waals surface area contributed by atoms with E-state index in [9.17, 15) is 15.0 Å². The topological polar surface area (TPSA) is 57.5 Å². The maximum atomic E-state index is 11.0. The lowest BCUT2D eigenvalue weighted by molar-refractivity contribution is -0.114. The van der Waals surface area contributed by atoms with Crippen molar-refractivity contribution in [2.24, 2.45) is 11.3 Å². The summed E-state index contributed by atoms with van der Waals surface area (Å²) in [6, 6.07) is 0. The van der Waals surface area contributed by atoms with E-state index in [1.54, 1.807) is 13.0 Å². The highest BCUT2D eigenvalue weighted by molar-refractivity contribution is 5.87. The van der Waals surface area contributed by atoms with Crippen LogP contribution in [-0.4, -0.2) is 27.7 Å². The van der Waals surface area contributed by atoms with Gasteiger partial charge in [-0.3, -0.25) is 4.79 Å². The van der Waals surface area contributed by atoms with Gasteiger partial charge in [-0.2, -0.15) is 0 Å². The second-order valence-electron chi connectivity index (χ2n) is 5.86. The summed E-state index contributed by atoms with van der Waals surface area (Å²) in [7, 11) is 0. The largest absolute Gasteiger partial charge is 0.393 e. The normalized spacial score (nSPS) is 38.9. The van der Waals surface area contributed by atoms with E-state index in [4.69, 9.17) is 0 Å². The second kappa shape index (κ2) is 4.30. The number of aliphatic hydroxyl groups is 2. The van der Waals surface area contributed by atoms with Crippen molar-refractivity contribution in [2.75, 3.05) is 0 Å². The minimum Gasteiger partial charge on any atom is -0.393 e. The van der Waals surface area contributed by atoms with E-state index in [-0.39, 0.29) is 17.1 Å². The number of rotatable bonds is 2. The smallest absolute Gasteiger partial charge is 0.152 e. The zero-order valence-corrected chi connectivity index (χ0v) is 10.5. The number of carbonyl (C=O) groups is 1. The zero-order chi connectivity index (χ0) is 12.6. The number of allylic oxidation sites excluding steroid dienone is 1. The van der Waals surface area contributed by atoms with Crippen LogP contribution in [0.25, 0.3) is 0 Å². The lowest BCUT2D eigenvalue weighted by Gasteiger charge is -2.48. The molecule has 3 nitrogen and oxygen atoms in total. The van der Waals surface area contributed by atoms with Crippen molar-refractivity contribution >= 4 is 5.78 Å². The van der Waals surface area contributed by atoms with E-state index >= 15 is 0 Å². The first-order valence-electron chi connectivity index (χ1n) is 5.74. The molecular formula is C13H22O3. The Hall–Kier alpha value is -0.670. The van der Waals surface area contributed by atoms with Gasteiger partial charge in [0.2, 0.25) is 0 Å². The third kappa shape index (κ3) is 2.92. The first-order chi connectivity index (χ1) is 7.15. The molecule has 0 radical (unpaired) electrons. The van der Waals surface area contributed by atoms with Crippen molar-refractivity contribution in [3.8, 4) is 0 Å². The van der Waals surface area contributed by atoms with Gasteiger partial charge in [0.1, 0.15) is 0 Å². The molecule has 2 N–H and O–H groups in total. The molecular weight excluding hydrogens is 204 g/mol. The summed E-state index contributed by atoms with van der Waals surface area (Å²) in [4.78, 5) is 11.0. The van der Waals surface area contributed by atoms with E-state index in [0.717, 1.165) is 0 Å². The van der Waals surface area contributed by atoms with Crippen LogP contribution in [0.2, 0.25) is 0 Å². The third-order valence-corrected chi connectivity index (χ3v) is 3.45. The Morgan fingerprint density at radius 1 is 1.31 bits per heavy atom. The molecule has 1 saturated carbocycles. The Morgan fingerprint density at radius 2 is 1.88 bits per heavy atom. The van der Waals surface area contributed by atoms with Crippen molar-refractivity contribution in [2.45, 2.75) is 52.2 Å². The highest BCUT2D eigenvalue weighted by atomic mass is 16.3. The molecule has 0 aromatic carbocycles. The Labute approximate surface area is 97.2 Å². The minimum atomic E-state index is -0.951. The molecule has 1 aliphatic rings. The average molecular weight is 226 g/mol. The number of carbonyl (C=O) groups excluding carboxylic acids is 1. The number of aliphatic hydroxyl groups excluding tert-OH is 1. The van der Waals surface area contributed by atoms with Gasteiger partial charge in [0.15, 0.2) is 5.78 Å². The summed E-state index contributed by atoms with van der Waals surface area (Å²) in [6.45, 7) is 7.25. The van der Waals surface area contributed by atoms with Gasteiger partial charge >= 0.3 is 0 Å². The van der Waals surface area contributed by atoms with Gasteiger partial charge in [-0.25, -0.2) is 0 Å². The quantitative estimate of drug-likeness (QED) is 0.704. The summed E-state index contributed by atoms with van der Waals surface area (Å²) >= 11 is 0. The van der Waals surface area contributed by atoms with Gasteiger partial charge in [-0.15, -0.1) is 0 Å². The Bertz CT molecular complexity index is 284. The Kier molecular flexibility index (Phi) is 3.60. The molecule has 0 saturated heterocycles. The van der Waals surface area contributed by atoms with Gasteiger partial charge in [-0.1, -0.05) is 19.9 Å². The molecule has 92 valence electrons. The molecule has 0 bridgehead atoms. The molecule has 1 aliphatic carbocycles. The molecule has 16 heavy (non-hydrogen) atoms. The number of hydrogen-bond donors (Lipinski definition) is 2. The SMILES string of the molecule is CC(=O)/C=C/C1C(C)(C)C[C@H](O)C[C@@]1(C)O. The van der Waals surface area contributed by atoms with Crippen molar-refractivity contribution in [3.05, 3.63) is 12.2 Å². The molecule has 3 atom stereocenters. The monoisotopic (exact) mass is 226 g/mol. The van der Waals surface area contributed by atoms with Gasteiger partial charge in [0, 0.05) is 12.3 Å². The molecule has 0 spiro atoms. The number of ketones is 1. The van der Waals surface area contributed by atoms with Crippen LogP contribution in [-0.2, 0) is 4.79 Å². The highest BCUT2D eigenvalue weighted by Crippen LogP contribution is 2.46. The fraction of sp³-hybridized carbons (Fsp3) is 0.769. The van der Waals surface area contributed by atoms with Gasteiger partial charge in [-0.05, 0) is 31.8 Å². The molecule has 0 aromatic rings. The lowest BCUT2D eigenvalue weighted by atomic mass is 9.61. The predicted molar refractivity (Wildman–Crippen MR) is 63.0 cm³/mol. The van der Waals surface area contributed by atoms with Crippen LogP contribution in [0.5, 0.6) is 0 Å². The van der Waals surface area contributed by atoms with Crippen molar-refractivity contribution in [1.29, 1.82) is 0 Å². The van der Waals surface area contributed by atoms with Crippen LogP contribution in [0, 0.1) is 11.3 Å². The summed E-state index contributed by atoms with van der Waals surface area (Å²) in [5.41, 5.74) is -1.15. The fourth-order valence-corrected chi connectivity index (χ4v) is 2.95. The van der Waals surface area contributed by atoms with Gasteiger partial charge in [0.05, 0.1) is 11.7 Å². The van der Waals surface area contributed by atoms with Crippen molar-refractivity contribution in [3.63, 3.8) is 0 Å². The summed E-state index contributed by atoms with van der Waals surface area (Å²) in [5.74, 6) is -0.120. The number of hydrogen-bond acceptors (Lipinski definition) is 3. The molecule has 0 amide bonds. The lowest BCUT2D eigenvalue weighted by Crippen LogP contribution is -2.50. The minimum absolute atomic E-state index is 0.0160.